The van der Waals surface area contributed by atoms with Gasteiger partial charge in [-0.1, -0.05) is 13.0 Å². The summed E-state index contributed by atoms with van der Waals surface area (Å²) in [5.74, 6) is -0.361. The van der Waals surface area contributed by atoms with Crippen molar-refractivity contribution in [3.8, 4) is 6.07 Å². The van der Waals surface area contributed by atoms with E-state index in [0.717, 1.165) is 12.0 Å². The Kier molecular flexibility index (Phi) is 4.39. The molecule has 0 spiro atoms. The van der Waals surface area contributed by atoms with Crippen LogP contribution in [0.15, 0.2) is 17.0 Å². The molecule has 1 aromatic carbocycles. The first-order chi connectivity index (χ1) is 7.63. The number of hydrogen-bond donors (Lipinski definition) is 1. The van der Waals surface area contributed by atoms with Crippen molar-refractivity contribution in [2.45, 2.75) is 24.7 Å². The zero-order valence-corrected chi connectivity index (χ0v) is 10.2. The van der Waals surface area contributed by atoms with Crippen LogP contribution in [-0.2, 0) is 22.4 Å². The predicted octanol–water partition coefficient (Wildman–Crippen LogP) is 2.12. The lowest BCUT2D eigenvalue weighted by atomic mass is 9.98. The van der Waals surface area contributed by atoms with Gasteiger partial charge in [-0.05, 0) is 23.6 Å². The molecule has 0 bridgehead atoms. The first-order valence-corrected chi connectivity index (χ1v) is 5.39. The van der Waals surface area contributed by atoms with Crippen molar-refractivity contribution in [2.75, 3.05) is 7.11 Å². The molecule has 0 unspecified atom stereocenters. The highest BCUT2D eigenvalue weighted by molar-refractivity contribution is 7.80. The zero-order chi connectivity index (χ0) is 12.1. The van der Waals surface area contributed by atoms with Crippen LogP contribution in [0, 0.1) is 11.3 Å². The molecule has 0 radical (unpaired) electrons. The average Bonchev–Trinajstić information content (AvgIpc) is 2.31. The van der Waals surface area contributed by atoms with Gasteiger partial charge in [-0.15, -0.1) is 12.6 Å². The van der Waals surface area contributed by atoms with Crippen LogP contribution >= 0.6 is 12.6 Å². The fraction of sp³-hybridized carbons (Fsp3) is 0.333. The van der Waals surface area contributed by atoms with Crippen LogP contribution in [0.25, 0.3) is 0 Å². The van der Waals surface area contributed by atoms with Gasteiger partial charge < -0.3 is 4.74 Å². The number of ether oxygens (including phenoxy) is 1. The second-order valence-electron chi connectivity index (χ2n) is 3.32. The van der Waals surface area contributed by atoms with Crippen molar-refractivity contribution < 1.29 is 9.53 Å². The molecule has 0 aliphatic rings. The first-order valence-electron chi connectivity index (χ1n) is 4.94. The summed E-state index contributed by atoms with van der Waals surface area (Å²) in [6, 6.07) is 5.80. The van der Waals surface area contributed by atoms with Crippen molar-refractivity contribution in [1.82, 2.24) is 0 Å². The fourth-order valence-corrected chi connectivity index (χ4v) is 1.78. The normalized spacial score (nSPS) is 9.62. The van der Waals surface area contributed by atoms with E-state index < -0.39 is 0 Å². The summed E-state index contributed by atoms with van der Waals surface area (Å²) in [6.45, 7) is 1.97. The van der Waals surface area contributed by atoms with Crippen molar-refractivity contribution in [1.29, 1.82) is 5.26 Å². The van der Waals surface area contributed by atoms with Crippen LogP contribution in [0.2, 0.25) is 0 Å². The lowest BCUT2D eigenvalue weighted by Gasteiger charge is -2.09. The minimum atomic E-state index is -0.361. The number of benzene rings is 1. The number of carbonyl (C=O) groups is 1. The van der Waals surface area contributed by atoms with E-state index in [2.05, 4.69) is 23.4 Å². The van der Waals surface area contributed by atoms with Crippen LogP contribution in [0.1, 0.15) is 23.6 Å². The van der Waals surface area contributed by atoms with E-state index in [1.54, 1.807) is 6.07 Å². The second kappa shape index (κ2) is 5.57. The molecule has 1 rings (SSSR count). The van der Waals surface area contributed by atoms with Crippen molar-refractivity contribution in [3.63, 3.8) is 0 Å². The average molecular weight is 235 g/mol. The molecule has 0 aliphatic carbocycles. The van der Waals surface area contributed by atoms with E-state index in [4.69, 9.17) is 5.26 Å². The van der Waals surface area contributed by atoms with Gasteiger partial charge >= 0.3 is 5.97 Å². The number of nitriles is 1. The summed E-state index contributed by atoms with van der Waals surface area (Å²) in [4.78, 5) is 11.9. The first kappa shape index (κ1) is 12.6. The molecule has 1 aromatic rings. The molecule has 0 heterocycles. The lowest BCUT2D eigenvalue weighted by molar-refractivity contribution is -0.139. The molecule has 0 saturated carbocycles. The van der Waals surface area contributed by atoms with Gasteiger partial charge in [0.15, 0.2) is 0 Å². The van der Waals surface area contributed by atoms with Gasteiger partial charge in [0.2, 0.25) is 0 Å². The molecule has 0 N–H and O–H groups in total. The number of methoxy groups -OCH3 is 1. The summed E-state index contributed by atoms with van der Waals surface area (Å²) in [7, 11) is 1.33. The Morgan fingerprint density at radius 1 is 1.56 bits per heavy atom. The number of hydrogen-bond acceptors (Lipinski definition) is 4. The third-order valence-corrected chi connectivity index (χ3v) is 2.83. The van der Waals surface area contributed by atoms with E-state index in [1.807, 2.05) is 13.0 Å². The summed E-state index contributed by atoms with van der Waals surface area (Å²) >= 11 is 4.26. The maximum absolute atomic E-state index is 11.2. The van der Waals surface area contributed by atoms with Crippen molar-refractivity contribution >= 4 is 18.6 Å². The topological polar surface area (TPSA) is 50.1 Å². The van der Waals surface area contributed by atoms with Crippen LogP contribution in [0.5, 0.6) is 0 Å². The highest BCUT2D eigenvalue weighted by atomic mass is 32.1. The number of carbonyl (C=O) groups excluding carboxylic acids is 1. The second-order valence-corrected chi connectivity index (χ2v) is 3.80. The van der Waals surface area contributed by atoms with Crippen LogP contribution in [0.4, 0.5) is 0 Å². The molecule has 0 aromatic heterocycles. The van der Waals surface area contributed by atoms with Gasteiger partial charge in [-0.25, -0.2) is 0 Å². The van der Waals surface area contributed by atoms with Crippen molar-refractivity contribution in [2.24, 2.45) is 0 Å². The van der Waals surface area contributed by atoms with Gasteiger partial charge in [-0.3, -0.25) is 4.79 Å². The third-order valence-electron chi connectivity index (χ3n) is 2.42. The maximum Gasteiger partial charge on any atom is 0.310 e. The molecule has 16 heavy (non-hydrogen) atoms. The molecule has 4 heteroatoms. The molecule has 3 nitrogen and oxygen atoms in total. The zero-order valence-electron chi connectivity index (χ0n) is 9.28. The molecular weight excluding hydrogens is 222 g/mol. The van der Waals surface area contributed by atoms with Gasteiger partial charge in [0.1, 0.15) is 0 Å². The van der Waals surface area contributed by atoms with E-state index >= 15 is 0 Å². The highest BCUT2D eigenvalue weighted by Crippen LogP contribution is 2.23. The summed E-state index contributed by atoms with van der Waals surface area (Å²) in [5.41, 5.74) is 2.12. The van der Waals surface area contributed by atoms with E-state index in [1.165, 1.54) is 7.11 Å². The van der Waals surface area contributed by atoms with Gasteiger partial charge in [0.25, 0.3) is 0 Å². The number of esters is 1. The van der Waals surface area contributed by atoms with Crippen LogP contribution < -0.4 is 0 Å². The van der Waals surface area contributed by atoms with Crippen molar-refractivity contribution in [3.05, 3.63) is 28.8 Å². The Hall–Kier alpha value is -1.47. The third kappa shape index (κ3) is 2.56. The number of aryl methyl sites for hydroxylation is 1. The molecule has 84 valence electrons. The summed E-state index contributed by atoms with van der Waals surface area (Å²) in [6.07, 6.45) is 0.844. The monoisotopic (exact) mass is 235 g/mol. The van der Waals surface area contributed by atoms with Gasteiger partial charge in [0, 0.05) is 4.90 Å². The van der Waals surface area contributed by atoms with E-state index in [0.29, 0.717) is 16.0 Å². The Morgan fingerprint density at radius 2 is 2.25 bits per heavy atom. The van der Waals surface area contributed by atoms with E-state index in [-0.39, 0.29) is 12.4 Å². The largest absolute Gasteiger partial charge is 0.469 e. The smallest absolute Gasteiger partial charge is 0.310 e. The Labute approximate surface area is 100 Å². The van der Waals surface area contributed by atoms with Gasteiger partial charge in [0.05, 0.1) is 25.2 Å². The lowest BCUT2D eigenvalue weighted by Crippen LogP contribution is -2.08. The summed E-state index contributed by atoms with van der Waals surface area (Å²) in [5, 5.41) is 9.10. The number of thiol groups is 1. The fourth-order valence-electron chi connectivity index (χ4n) is 1.51. The molecular formula is C12H13NO2S. The SMILES string of the molecule is CCc1ccc(S)c(CC(=O)OC)c1C#N. The van der Waals surface area contributed by atoms with Gasteiger partial charge in [-0.2, -0.15) is 5.26 Å². The minimum absolute atomic E-state index is 0.0894. The summed E-state index contributed by atoms with van der Waals surface area (Å²) < 4.78 is 4.60. The standard InChI is InChI=1S/C12H13NO2S/c1-3-8-4-5-11(16)9(10(8)7-13)6-12(14)15-2/h4-5,16H,3,6H2,1-2H3. The number of rotatable bonds is 3. The molecule has 0 amide bonds. The predicted molar refractivity (Wildman–Crippen MR) is 63.5 cm³/mol. The Bertz CT molecular complexity index is 449. The van der Waals surface area contributed by atoms with E-state index in [9.17, 15) is 4.79 Å². The number of nitrogens with zero attached hydrogens (tertiary/aromatic N) is 1. The highest BCUT2D eigenvalue weighted by Gasteiger charge is 2.14. The minimum Gasteiger partial charge on any atom is -0.469 e. The Balaban J connectivity index is 3.25. The molecule has 0 aliphatic heterocycles. The molecule has 0 atom stereocenters. The Morgan fingerprint density at radius 3 is 2.75 bits per heavy atom. The van der Waals surface area contributed by atoms with Crippen LogP contribution in [-0.4, -0.2) is 13.1 Å². The quantitative estimate of drug-likeness (QED) is 0.645. The van der Waals surface area contributed by atoms with Crippen LogP contribution in [0.3, 0.4) is 0 Å². The maximum atomic E-state index is 11.2. The molecule has 0 saturated heterocycles. The molecule has 0 fully saturated rings.